The lowest BCUT2D eigenvalue weighted by Crippen LogP contribution is -2.50. The molecule has 1 aliphatic heterocycles. The number of ether oxygens (including phenoxy) is 1. The first-order valence-electron chi connectivity index (χ1n) is 8.74. The van der Waals surface area contributed by atoms with Gasteiger partial charge in [-0.05, 0) is 36.8 Å². The van der Waals surface area contributed by atoms with Crippen molar-refractivity contribution in [2.24, 2.45) is 0 Å². The van der Waals surface area contributed by atoms with Crippen LogP contribution in [-0.4, -0.2) is 50.6 Å². The zero-order valence-corrected chi connectivity index (χ0v) is 15.2. The van der Waals surface area contributed by atoms with E-state index < -0.39 is 0 Å². The molecular weight excluding hydrogens is 333 g/mol. The number of benzene rings is 2. The van der Waals surface area contributed by atoms with Crippen LogP contribution in [0.2, 0.25) is 0 Å². The Hall–Kier alpha value is -2.76. The predicted octanol–water partition coefficient (Wildman–Crippen LogP) is 2.90. The van der Waals surface area contributed by atoms with Gasteiger partial charge in [-0.2, -0.15) is 0 Å². The molecule has 0 bridgehead atoms. The fraction of sp³-hybridized carbons (Fsp3) is 0.350. The maximum atomic E-state index is 13.9. The van der Waals surface area contributed by atoms with Crippen LogP contribution in [0, 0.1) is 12.7 Å². The number of nitrogens with one attached hydrogen (secondary N) is 1. The van der Waals surface area contributed by atoms with Crippen LogP contribution in [0.25, 0.3) is 0 Å². The maximum Gasteiger partial charge on any atom is 0.241 e. The first kappa shape index (κ1) is 18.0. The molecule has 5 nitrogen and oxygen atoms in total. The first-order chi connectivity index (χ1) is 12.6. The van der Waals surface area contributed by atoms with Crippen molar-refractivity contribution in [3.8, 4) is 5.75 Å². The number of carbonyl (C=O) groups excluding carboxylic acids is 1. The van der Waals surface area contributed by atoms with E-state index >= 15 is 0 Å². The first-order valence-corrected chi connectivity index (χ1v) is 8.74. The number of aryl methyl sites for hydroxylation is 1. The van der Waals surface area contributed by atoms with E-state index in [1.807, 2.05) is 41.0 Å². The number of carbonyl (C=O) groups is 1. The van der Waals surface area contributed by atoms with Gasteiger partial charge >= 0.3 is 0 Å². The van der Waals surface area contributed by atoms with Crippen LogP contribution < -0.4 is 15.0 Å². The lowest BCUT2D eigenvalue weighted by atomic mass is 10.2. The largest absolute Gasteiger partial charge is 0.495 e. The molecule has 138 valence electrons. The summed E-state index contributed by atoms with van der Waals surface area (Å²) in [5.41, 5.74) is 2.51. The molecule has 0 saturated carbocycles. The van der Waals surface area contributed by atoms with Gasteiger partial charge in [-0.1, -0.05) is 18.2 Å². The molecular formula is C20H24FN3O2. The average molecular weight is 357 g/mol. The minimum Gasteiger partial charge on any atom is -0.495 e. The topological polar surface area (TPSA) is 44.8 Å². The van der Waals surface area contributed by atoms with Gasteiger partial charge in [-0.25, -0.2) is 4.39 Å². The van der Waals surface area contributed by atoms with Crippen LogP contribution in [0.1, 0.15) is 5.56 Å². The van der Waals surface area contributed by atoms with Gasteiger partial charge in [-0.3, -0.25) is 4.79 Å². The van der Waals surface area contributed by atoms with Crippen molar-refractivity contribution < 1.29 is 13.9 Å². The molecule has 1 fully saturated rings. The van der Waals surface area contributed by atoms with E-state index in [1.54, 1.807) is 19.2 Å². The molecule has 0 aromatic heterocycles. The molecule has 0 aliphatic carbocycles. The van der Waals surface area contributed by atoms with Gasteiger partial charge in [0.25, 0.3) is 0 Å². The highest BCUT2D eigenvalue weighted by Gasteiger charge is 2.22. The molecule has 0 radical (unpaired) electrons. The molecule has 0 unspecified atom stereocenters. The van der Waals surface area contributed by atoms with Crippen molar-refractivity contribution >= 4 is 17.3 Å². The Morgan fingerprint density at radius 3 is 2.58 bits per heavy atom. The smallest absolute Gasteiger partial charge is 0.241 e. The number of para-hydroxylation sites is 1. The number of hydrogen-bond donors (Lipinski definition) is 1. The van der Waals surface area contributed by atoms with E-state index in [2.05, 4.69) is 5.32 Å². The Morgan fingerprint density at radius 2 is 1.88 bits per heavy atom. The van der Waals surface area contributed by atoms with E-state index in [4.69, 9.17) is 4.74 Å². The summed E-state index contributed by atoms with van der Waals surface area (Å²) in [5, 5.41) is 3.16. The molecule has 1 heterocycles. The Labute approximate surface area is 153 Å². The zero-order valence-electron chi connectivity index (χ0n) is 15.2. The number of nitrogens with zero attached hydrogens (tertiary/aromatic N) is 2. The molecule has 1 amide bonds. The third-order valence-electron chi connectivity index (χ3n) is 4.61. The summed E-state index contributed by atoms with van der Waals surface area (Å²) in [6.07, 6.45) is 0. The summed E-state index contributed by atoms with van der Waals surface area (Å²) in [7, 11) is 1.61. The molecule has 1 aliphatic rings. The Kier molecular flexibility index (Phi) is 5.61. The molecule has 0 atom stereocenters. The van der Waals surface area contributed by atoms with Crippen LogP contribution in [0.5, 0.6) is 5.75 Å². The quantitative estimate of drug-likeness (QED) is 0.894. The van der Waals surface area contributed by atoms with Gasteiger partial charge in [0.2, 0.25) is 5.91 Å². The second-order valence-corrected chi connectivity index (χ2v) is 6.38. The van der Waals surface area contributed by atoms with Crippen molar-refractivity contribution in [2.45, 2.75) is 6.92 Å². The second-order valence-electron chi connectivity index (χ2n) is 6.38. The fourth-order valence-electron chi connectivity index (χ4n) is 3.15. The van der Waals surface area contributed by atoms with Crippen molar-refractivity contribution in [3.63, 3.8) is 0 Å². The van der Waals surface area contributed by atoms with Crippen molar-refractivity contribution in [3.05, 3.63) is 53.8 Å². The number of hydrogen-bond acceptors (Lipinski definition) is 4. The summed E-state index contributed by atoms with van der Waals surface area (Å²) >= 11 is 0. The van der Waals surface area contributed by atoms with Gasteiger partial charge in [0.05, 0.1) is 25.0 Å². The van der Waals surface area contributed by atoms with Gasteiger partial charge in [0.15, 0.2) is 0 Å². The second kappa shape index (κ2) is 8.08. The third-order valence-corrected chi connectivity index (χ3v) is 4.61. The Morgan fingerprint density at radius 1 is 1.15 bits per heavy atom. The molecule has 6 heteroatoms. The lowest BCUT2D eigenvalue weighted by Gasteiger charge is -2.36. The van der Waals surface area contributed by atoms with E-state index in [0.717, 1.165) is 11.3 Å². The highest BCUT2D eigenvalue weighted by atomic mass is 19.1. The van der Waals surface area contributed by atoms with Gasteiger partial charge < -0.3 is 19.9 Å². The van der Waals surface area contributed by atoms with Crippen LogP contribution >= 0.6 is 0 Å². The molecule has 2 aromatic carbocycles. The van der Waals surface area contributed by atoms with Crippen LogP contribution in [0.15, 0.2) is 42.5 Å². The maximum absolute atomic E-state index is 13.9. The zero-order chi connectivity index (χ0) is 18.5. The van der Waals surface area contributed by atoms with Gasteiger partial charge in [0, 0.05) is 26.2 Å². The molecule has 0 spiro atoms. The third kappa shape index (κ3) is 4.07. The van der Waals surface area contributed by atoms with Gasteiger partial charge in [0.1, 0.15) is 11.6 Å². The lowest BCUT2D eigenvalue weighted by molar-refractivity contribution is -0.129. The molecule has 2 aromatic rings. The molecule has 26 heavy (non-hydrogen) atoms. The summed E-state index contributed by atoms with van der Waals surface area (Å²) in [6, 6.07) is 12.6. The number of piperazine rings is 1. The number of halogens is 1. The van der Waals surface area contributed by atoms with Crippen LogP contribution in [0.3, 0.4) is 0 Å². The van der Waals surface area contributed by atoms with Gasteiger partial charge in [-0.15, -0.1) is 0 Å². The molecule has 3 rings (SSSR count). The van der Waals surface area contributed by atoms with Crippen LogP contribution in [0.4, 0.5) is 15.8 Å². The number of amides is 1. The Balaban J connectivity index is 1.54. The minimum absolute atomic E-state index is 0.0294. The summed E-state index contributed by atoms with van der Waals surface area (Å²) < 4.78 is 19.2. The normalized spacial score (nSPS) is 14.3. The summed E-state index contributed by atoms with van der Waals surface area (Å²) in [5.74, 6) is 0.523. The van der Waals surface area contributed by atoms with E-state index in [-0.39, 0.29) is 18.3 Å². The number of methoxy groups -OCH3 is 1. The van der Waals surface area contributed by atoms with Crippen molar-refractivity contribution in [1.29, 1.82) is 0 Å². The molecule has 1 N–H and O–H groups in total. The Bertz CT molecular complexity index is 773. The van der Waals surface area contributed by atoms with E-state index in [1.165, 1.54) is 6.07 Å². The van der Waals surface area contributed by atoms with E-state index in [0.29, 0.717) is 37.6 Å². The highest BCUT2D eigenvalue weighted by Crippen LogP contribution is 2.25. The SMILES string of the molecule is COc1ccc(C)cc1NCC(=O)N1CCN(c2ccccc2F)CC1. The number of rotatable bonds is 5. The standard InChI is InChI=1S/C20H24FN3O2/c1-15-7-8-19(26-2)17(13-15)22-14-20(25)24-11-9-23(10-12-24)18-6-4-3-5-16(18)21/h3-8,13,22H,9-12,14H2,1-2H3. The van der Waals surface area contributed by atoms with Crippen molar-refractivity contribution in [2.75, 3.05) is 50.1 Å². The number of anilines is 2. The average Bonchev–Trinajstić information content (AvgIpc) is 2.67. The highest BCUT2D eigenvalue weighted by molar-refractivity contribution is 5.81. The van der Waals surface area contributed by atoms with Crippen LogP contribution in [-0.2, 0) is 4.79 Å². The fourth-order valence-corrected chi connectivity index (χ4v) is 3.15. The summed E-state index contributed by atoms with van der Waals surface area (Å²) in [6.45, 7) is 4.62. The monoisotopic (exact) mass is 357 g/mol. The van der Waals surface area contributed by atoms with Crippen molar-refractivity contribution in [1.82, 2.24) is 4.90 Å². The van der Waals surface area contributed by atoms with E-state index in [9.17, 15) is 9.18 Å². The summed E-state index contributed by atoms with van der Waals surface area (Å²) in [4.78, 5) is 16.3. The predicted molar refractivity (Wildman–Crippen MR) is 101 cm³/mol. The minimum atomic E-state index is -0.222. The molecule has 1 saturated heterocycles.